The molecule has 1 aliphatic carbocycles. The number of aromatic amines is 1. The molecule has 0 aromatic carbocycles. The van der Waals surface area contributed by atoms with Gasteiger partial charge in [0.2, 0.25) is 0 Å². The number of hydrogen-bond donors (Lipinski definition) is 1. The summed E-state index contributed by atoms with van der Waals surface area (Å²) in [7, 11) is 0. The third-order valence-corrected chi connectivity index (χ3v) is 6.38. The SMILES string of the molecule is Cc1nc(-c2cc3c(N4CCN(C(=O)OC5CCC5)CC4)ccnc3[nH]2)cs1. The molecule has 3 aromatic rings. The first-order valence-electron chi connectivity index (χ1n) is 9.78. The molecule has 3 aromatic heterocycles. The summed E-state index contributed by atoms with van der Waals surface area (Å²) < 4.78 is 5.54. The van der Waals surface area contributed by atoms with Gasteiger partial charge in [-0.15, -0.1) is 11.3 Å². The molecule has 1 amide bonds. The van der Waals surface area contributed by atoms with Crippen molar-refractivity contribution >= 4 is 34.2 Å². The van der Waals surface area contributed by atoms with Gasteiger partial charge >= 0.3 is 6.09 Å². The lowest BCUT2D eigenvalue weighted by molar-refractivity contribution is 0.0260. The Balaban J connectivity index is 1.32. The molecule has 0 atom stereocenters. The minimum atomic E-state index is -0.160. The molecule has 7 nitrogen and oxygen atoms in total. The van der Waals surface area contributed by atoms with Crippen molar-refractivity contribution in [2.24, 2.45) is 0 Å². The van der Waals surface area contributed by atoms with Gasteiger partial charge in [-0.3, -0.25) is 0 Å². The Morgan fingerprint density at radius 2 is 2.11 bits per heavy atom. The van der Waals surface area contributed by atoms with Crippen LogP contribution >= 0.6 is 11.3 Å². The molecule has 1 saturated heterocycles. The zero-order valence-electron chi connectivity index (χ0n) is 15.9. The molecule has 0 radical (unpaired) electrons. The fourth-order valence-electron chi connectivity index (χ4n) is 3.75. The molecule has 4 heterocycles. The Morgan fingerprint density at radius 1 is 1.29 bits per heavy atom. The highest BCUT2D eigenvalue weighted by molar-refractivity contribution is 7.09. The molecule has 28 heavy (non-hydrogen) atoms. The number of aromatic nitrogens is 3. The van der Waals surface area contributed by atoms with Gasteiger partial charge in [-0.05, 0) is 38.3 Å². The van der Waals surface area contributed by atoms with Gasteiger partial charge in [0.05, 0.1) is 16.4 Å². The Labute approximate surface area is 167 Å². The van der Waals surface area contributed by atoms with E-state index in [4.69, 9.17) is 4.74 Å². The summed E-state index contributed by atoms with van der Waals surface area (Å²) in [6, 6.07) is 4.18. The van der Waals surface area contributed by atoms with Gasteiger partial charge in [-0.1, -0.05) is 0 Å². The first kappa shape index (κ1) is 17.5. The number of nitrogens with one attached hydrogen (secondary N) is 1. The number of H-pyrrole nitrogens is 1. The standard InChI is InChI=1S/C20H23N5O2S/c1-13-22-17(12-28-13)16-11-15-18(5-6-21-19(15)23-16)24-7-9-25(10-8-24)20(26)27-14-3-2-4-14/h5-6,11-12,14H,2-4,7-10H2,1H3,(H,21,23). The van der Waals surface area contributed by atoms with Gasteiger partial charge in [-0.2, -0.15) is 0 Å². The molecule has 0 spiro atoms. The van der Waals surface area contributed by atoms with Gasteiger partial charge < -0.3 is 19.5 Å². The third kappa shape index (κ3) is 3.22. The van der Waals surface area contributed by atoms with Crippen LogP contribution in [0.5, 0.6) is 0 Å². The van der Waals surface area contributed by atoms with Crippen molar-refractivity contribution in [2.75, 3.05) is 31.1 Å². The van der Waals surface area contributed by atoms with E-state index in [1.807, 2.05) is 18.0 Å². The fraction of sp³-hybridized carbons (Fsp3) is 0.450. The van der Waals surface area contributed by atoms with Crippen molar-refractivity contribution in [1.29, 1.82) is 0 Å². The quantitative estimate of drug-likeness (QED) is 0.727. The van der Waals surface area contributed by atoms with Crippen LogP contribution in [0.2, 0.25) is 0 Å². The number of carbonyl (C=O) groups excluding carboxylic acids is 1. The topological polar surface area (TPSA) is 74.3 Å². The van der Waals surface area contributed by atoms with E-state index in [0.717, 1.165) is 59.0 Å². The van der Waals surface area contributed by atoms with Crippen LogP contribution in [0.1, 0.15) is 24.3 Å². The number of nitrogens with zero attached hydrogens (tertiary/aromatic N) is 4. The van der Waals surface area contributed by atoms with E-state index in [1.54, 1.807) is 11.3 Å². The maximum atomic E-state index is 12.3. The predicted octanol–water partition coefficient (Wildman–Crippen LogP) is 3.81. The second kappa shape index (κ2) is 7.09. The number of piperazine rings is 1. The van der Waals surface area contributed by atoms with E-state index in [9.17, 15) is 4.79 Å². The van der Waals surface area contributed by atoms with Crippen LogP contribution < -0.4 is 4.90 Å². The number of aryl methyl sites for hydroxylation is 1. The van der Waals surface area contributed by atoms with Crippen LogP contribution in [0.4, 0.5) is 10.5 Å². The molecule has 2 fully saturated rings. The number of anilines is 1. The summed E-state index contributed by atoms with van der Waals surface area (Å²) in [5, 5.41) is 4.20. The molecule has 0 unspecified atom stereocenters. The second-order valence-electron chi connectivity index (χ2n) is 7.44. The van der Waals surface area contributed by atoms with Crippen molar-refractivity contribution in [3.05, 3.63) is 28.7 Å². The van der Waals surface area contributed by atoms with Crippen LogP contribution in [0.15, 0.2) is 23.7 Å². The van der Waals surface area contributed by atoms with E-state index in [1.165, 1.54) is 6.42 Å². The number of ether oxygens (including phenoxy) is 1. The molecule has 8 heteroatoms. The number of rotatable bonds is 3. The monoisotopic (exact) mass is 397 g/mol. The largest absolute Gasteiger partial charge is 0.446 e. The molecule has 1 aliphatic heterocycles. The van der Waals surface area contributed by atoms with Gasteiger partial charge in [-0.25, -0.2) is 14.8 Å². The summed E-state index contributed by atoms with van der Waals surface area (Å²) in [5.41, 5.74) is 3.95. The number of pyridine rings is 1. The highest BCUT2D eigenvalue weighted by Gasteiger charge is 2.28. The van der Waals surface area contributed by atoms with Crippen molar-refractivity contribution in [1.82, 2.24) is 19.9 Å². The van der Waals surface area contributed by atoms with Crippen LogP contribution in [-0.2, 0) is 4.74 Å². The zero-order valence-corrected chi connectivity index (χ0v) is 16.7. The smallest absolute Gasteiger partial charge is 0.410 e. The first-order chi connectivity index (χ1) is 13.7. The lowest BCUT2D eigenvalue weighted by atomic mass is 9.96. The lowest BCUT2D eigenvalue weighted by Crippen LogP contribution is -2.49. The highest BCUT2D eigenvalue weighted by atomic mass is 32.1. The number of thiazole rings is 1. The van der Waals surface area contributed by atoms with Crippen molar-refractivity contribution in [2.45, 2.75) is 32.3 Å². The number of amides is 1. The normalized spacial score (nSPS) is 17.8. The van der Waals surface area contributed by atoms with Crippen molar-refractivity contribution < 1.29 is 9.53 Å². The molecule has 146 valence electrons. The van der Waals surface area contributed by atoms with Gasteiger partial charge in [0, 0.05) is 48.8 Å². The molecular weight excluding hydrogens is 374 g/mol. The average Bonchev–Trinajstić information content (AvgIpc) is 3.30. The van der Waals surface area contributed by atoms with Crippen molar-refractivity contribution in [3.63, 3.8) is 0 Å². The first-order valence-corrected chi connectivity index (χ1v) is 10.7. The number of carbonyl (C=O) groups is 1. The minimum absolute atomic E-state index is 0.137. The van der Waals surface area contributed by atoms with E-state index < -0.39 is 0 Å². The Bertz CT molecular complexity index is 1000. The Morgan fingerprint density at radius 3 is 2.79 bits per heavy atom. The van der Waals surface area contributed by atoms with Crippen LogP contribution in [0.3, 0.4) is 0 Å². The Kier molecular flexibility index (Phi) is 4.43. The molecule has 1 saturated carbocycles. The van der Waals surface area contributed by atoms with Gasteiger partial charge in [0.25, 0.3) is 0 Å². The lowest BCUT2D eigenvalue weighted by Gasteiger charge is -2.37. The minimum Gasteiger partial charge on any atom is -0.446 e. The molecule has 0 bridgehead atoms. The van der Waals surface area contributed by atoms with Gasteiger partial charge in [0.1, 0.15) is 11.8 Å². The maximum Gasteiger partial charge on any atom is 0.410 e. The van der Waals surface area contributed by atoms with E-state index >= 15 is 0 Å². The third-order valence-electron chi connectivity index (χ3n) is 5.60. The Hall–Kier alpha value is -2.61. The molecule has 5 rings (SSSR count). The summed E-state index contributed by atoms with van der Waals surface area (Å²) in [4.78, 5) is 28.9. The van der Waals surface area contributed by atoms with Crippen LogP contribution in [-0.4, -0.2) is 58.2 Å². The fourth-order valence-corrected chi connectivity index (χ4v) is 4.36. The van der Waals surface area contributed by atoms with E-state index in [-0.39, 0.29) is 12.2 Å². The predicted molar refractivity (Wildman–Crippen MR) is 110 cm³/mol. The van der Waals surface area contributed by atoms with Crippen LogP contribution in [0, 0.1) is 6.92 Å². The molecular formula is C20H23N5O2S. The highest BCUT2D eigenvalue weighted by Crippen LogP contribution is 2.31. The summed E-state index contributed by atoms with van der Waals surface area (Å²) >= 11 is 1.64. The summed E-state index contributed by atoms with van der Waals surface area (Å²) in [6.45, 7) is 4.94. The maximum absolute atomic E-state index is 12.3. The molecule has 2 aliphatic rings. The average molecular weight is 398 g/mol. The number of fused-ring (bicyclic) bond motifs is 1. The number of hydrogen-bond acceptors (Lipinski definition) is 6. The van der Waals surface area contributed by atoms with Gasteiger partial charge in [0.15, 0.2) is 0 Å². The zero-order chi connectivity index (χ0) is 19.1. The second-order valence-corrected chi connectivity index (χ2v) is 8.50. The van der Waals surface area contributed by atoms with Crippen LogP contribution in [0.25, 0.3) is 22.4 Å². The summed E-state index contributed by atoms with van der Waals surface area (Å²) in [5.74, 6) is 0. The van der Waals surface area contributed by atoms with Crippen molar-refractivity contribution in [3.8, 4) is 11.4 Å². The molecule has 1 N–H and O–H groups in total. The summed E-state index contributed by atoms with van der Waals surface area (Å²) in [6.07, 6.45) is 5.00. The van der Waals surface area contributed by atoms with E-state index in [2.05, 4.69) is 37.4 Å². The van der Waals surface area contributed by atoms with E-state index in [0.29, 0.717) is 13.1 Å².